The van der Waals surface area contributed by atoms with Crippen LogP contribution >= 0.6 is 0 Å². The summed E-state index contributed by atoms with van der Waals surface area (Å²) in [5.74, 6) is 0. The van der Waals surface area contributed by atoms with Gasteiger partial charge in [0.05, 0.1) is 0 Å². The second-order valence-electron chi connectivity index (χ2n) is 2.03. The molecular formula is C7H14O3. The number of hydrogen-bond donors (Lipinski definition) is 1. The van der Waals surface area contributed by atoms with Gasteiger partial charge in [0, 0.05) is 13.2 Å². The van der Waals surface area contributed by atoms with Gasteiger partial charge >= 0.3 is 0 Å². The van der Waals surface area contributed by atoms with Crippen molar-refractivity contribution in [1.82, 2.24) is 0 Å². The highest BCUT2D eigenvalue weighted by atomic mass is 16.5. The molecule has 0 heterocycles. The molecule has 0 amide bonds. The van der Waals surface area contributed by atoms with Gasteiger partial charge in [0.15, 0.2) is 0 Å². The van der Waals surface area contributed by atoms with E-state index in [0.717, 1.165) is 6.29 Å². The van der Waals surface area contributed by atoms with Gasteiger partial charge in [-0.05, 0) is 12.8 Å². The highest BCUT2D eigenvalue weighted by Gasteiger charge is 2.01. The first kappa shape index (κ1) is 9.59. The van der Waals surface area contributed by atoms with E-state index in [-0.39, 0.29) is 12.7 Å². The van der Waals surface area contributed by atoms with Gasteiger partial charge in [0.1, 0.15) is 12.4 Å². The maximum atomic E-state index is 10.1. The first-order valence-electron chi connectivity index (χ1n) is 3.52. The largest absolute Gasteiger partial charge is 0.396 e. The summed E-state index contributed by atoms with van der Waals surface area (Å²) in [5.41, 5.74) is 0. The average Bonchev–Trinajstić information content (AvgIpc) is 1.99. The van der Waals surface area contributed by atoms with Crippen LogP contribution in [0.5, 0.6) is 0 Å². The Morgan fingerprint density at radius 1 is 1.70 bits per heavy atom. The maximum Gasteiger partial charge on any atom is 0.148 e. The van der Waals surface area contributed by atoms with E-state index in [1.54, 1.807) is 0 Å². The second kappa shape index (κ2) is 6.71. The molecule has 0 radical (unpaired) electrons. The SMILES string of the molecule is CCC(C=O)OCCCO. The van der Waals surface area contributed by atoms with E-state index in [2.05, 4.69) is 0 Å². The molecule has 0 rings (SSSR count). The Morgan fingerprint density at radius 3 is 2.80 bits per heavy atom. The summed E-state index contributed by atoms with van der Waals surface area (Å²) < 4.78 is 5.05. The van der Waals surface area contributed by atoms with Crippen molar-refractivity contribution in [2.24, 2.45) is 0 Å². The fourth-order valence-corrected chi connectivity index (χ4v) is 0.553. The molecule has 0 aromatic rings. The number of aliphatic hydroxyl groups excluding tert-OH is 1. The number of hydrogen-bond acceptors (Lipinski definition) is 3. The van der Waals surface area contributed by atoms with E-state index < -0.39 is 0 Å². The third-order valence-corrected chi connectivity index (χ3v) is 1.19. The van der Waals surface area contributed by atoms with E-state index in [1.165, 1.54) is 0 Å². The molecule has 0 fully saturated rings. The Hall–Kier alpha value is -0.410. The summed E-state index contributed by atoms with van der Waals surface area (Å²) in [6.45, 7) is 2.47. The van der Waals surface area contributed by atoms with Crippen LogP contribution in [0.25, 0.3) is 0 Å². The summed E-state index contributed by atoms with van der Waals surface area (Å²) in [5, 5.41) is 8.36. The first-order chi connectivity index (χ1) is 4.85. The zero-order valence-electron chi connectivity index (χ0n) is 6.25. The fourth-order valence-electron chi connectivity index (χ4n) is 0.553. The van der Waals surface area contributed by atoms with Gasteiger partial charge in [-0.3, -0.25) is 0 Å². The highest BCUT2D eigenvalue weighted by Crippen LogP contribution is 1.94. The average molecular weight is 146 g/mol. The molecule has 0 aliphatic rings. The van der Waals surface area contributed by atoms with Crippen LogP contribution in [0.3, 0.4) is 0 Å². The molecule has 0 aliphatic heterocycles. The minimum absolute atomic E-state index is 0.120. The molecule has 0 aromatic heterocycles. The zero-order chi connectivity index (χ0) is 7.82. The summed E-state index contributed by atoms with van der Waals surface area (Å²) >= 11 is 0. The summed E-state index contributed by atoms with van der Waals surface area (Å²) in [7, 11) is 0. The van der Waals surface area contributed by atoms with Crippen LogP contribution in [-0.4, -0.2) is 30.7 Å². The first-order valence-corrected chi connectivity index (χ1v) is 3.52. The monoisotopic (exact) mass is 146 g/mol. The van der Waals surface area contributed by atoms with E-state index in [9.17, 15) is 4.79 Å². The van der Waals surface area contributed by atoms with Crippen molar-refractivity contribution >= 4 is 6.29 Å². The van der Waals surface area contributed by atoms with Crippen molar-refractivity contribution < 1.29 is 14.6 Å². The van der Waals surface area contributed by atoms with Crippen LogP contribution in [0, 0.1) is 0 Å². The molecule has 0 bridgehead atoms. The zero-order valence-corrected chi connectivity index (χ0v) is 6.25. The number of aldehydes is 1. The fraction of sp³-hybridized carbons (Fsp3) is 0.857. The lowest BCUT2D eigenvalue weighted by Crippen LogP contribution is -2.14. The van der Waals surface area contributed by atoms with E-state index in [1.807, 2.05) is 6.92 Å². The summed E-state index contributed by atoms with van der Waals surface area (Å²) in [6.07, 6.45) is 1.81. The van der Waals surface area contributed by atoms with E-state index >= 15 is 0 Å². The molecule has 10 heavy (non-hydrogen) atoms. The lowest BCUT2D eigenvalue weighted by molar-refractivity contribution is -0.118. The van der Waals surface area contributed by atoms with Gasteiger partial charge in [0.25, 0.3) is 0 Å². The Kier molecular flexibility index (Phi) is 6.43. The van der Waals surface area contributed by atoms with Crippen LogP contribution in [-0.2, 0) is 9.53 Å². The number of carbonyl (C=O) groups is 1. The summed E-state index contributed by atoms with van der Waals surface area (Å²) in [4.78, 5) is 10.1. The Labute approximate surface area is 61.0 Å². The molecular weight excluding hydrogens is 132 g/mol. The third-order valence-electron chi connectivity index (χ3n) is 1.19. The molecule has 0 saturated heterocycles. The minimum atomic E-state index is -0.286. The number of aliphatic hydroxyl groups is 1. The van der Waals surface area contributed by atoms with Crippen molar-refractivity contribution in [2.75, 3.05) is 13.2 Å². The molecule has 1 unspecified atom stereocenters. The standard InChI is InChI=1S/C7H14O3/c1-2-7(6-9)10-5-3-4-8/h6-8H,2-5H2,1H3. The van der Waals surface area contributed by atoms with E-state index in [4.69, 9.17) is 9.84 Å². The van der Waals surface area contributed by atoms with Gasteiger partial charge in [-0.15, -0.1) is 0 Å². The molecule has 3 heteroatoms. The third kappa shape index (κ3) is 4.47. The molecule has 1 N–H and O–H groups in total. The van der Waals surface area contributed by atoms with Gasteiger partial charge in [0.2, 0.25) is 0 Å². The molecule has 3 nitrogen and oxygen atoms in total. The predicted octanol–water partition coefficient (Wildman–Crippen LogP) is 0.363. The molecule has 60 valence electrons. The molecule has 1 atom stereocenters. The normalized spacial score (nSPS) is 13.0. The Balaban J connectivity index is 3.17. The van der Waals surface area contributed by atoms with Crippen LogP contribution in [0.1, 0.15) is 19.8 Å². The number of ether oxygens (including phenoxy) is 1. The topological polar surface area (TPSA) is 46.5 Å². The highest BCUT2D eigenvalue weighted by molar-refractivity contribution is 5.55. The lowest BCUT2D eigenvalue weighted by Gasteiger charge is -2.07. The quantitative estimate of drug-likeness (QED) is 0.435. The molecule has 0 aliphatic carbocycles. The van der Waals surface area contributed by atoms with Gasteiger partial charge < -0.3 is 14.6 Å². The minimum Gasteiger partial charge on any atom is -0.396 e. The smallest absolute Gasteiger partial charge is 0.148 e. The van der Waals surface area contributed by atoms with Crippen molar-refractivity contribution in [3.63, 3.8) is 0 Å². The van der Waals surface area contributed by atoms with Crippen molar-refractivity contribution in [1.29, 1.82) is 0 Å². The lowest BCUT2D eigenvalue weighted by atomic mass is 10.3. The second-order valence-corrected chi connectivity index (χ2v) is 2.03. The van der Waals surface area contributed by atoms with Gasteiger partial charge in [-0.2, -0.15) is 0 Å². The van der Waals surface area contributed by atoms with E-state index in [0.29, 0.717) is 19.4 Å². The van der Waals surface area contributed by atoms with Crippen molar-refractivity contribution in [3.05, 3.63) is 0 Å². The number of carbonyl (C=O) groups excluding carboxylic acids is 1. The van der Waals surface area contributed by atoms with Gasteiger partial charge in [-0.25, -0.2) is 0 Å². The van der Waals surface area contributed by atoms with Gasteiger partial charge in [-0.1, -0.05) is 6.92 Å². The predicted molar refractivity (Wildman–Crippen MR) is 37.8 cm³/mol. The van der Waals surface area contributed by atoms with Crippen LogP contribution < -0.4 is 0 Å². The summed E-state index contributed by atoms with van der Waals surface area (Å²) in [6, 6.07) is 0. The number of rotatable bonds is 6. The Morgan fingerprint density at radius 2 is 2.40 bits per heavy atom. The van der Waals surface area contributed by atoms with Crippen LogP contribution in [0.15, 0.2) is 0 Å². The molecule has 0 spiro atoms. The Bertz CT molecular complexity index is 82.9. The van der Waals surface area contributed by atoms with Crippen LogP contribution in [0.4, 0.5) is 0 Å². The maximum absolute atomic E-state index is 10.1. The van der Waals surface area contributed by atoms with Crippen LogP contribution in [0.2, 0.25) is 0 Å². The molecule has 0 aromatic carbocycles. The van der Waals surface area contributed by atoms with Crippen molar-refractivity contribution in [3.8, 4) is 0 Å². The van der Waals surface area contributed by atoms with Crippen molar-refractivity contribution in [2.45, 2.75) is 25.9 Å². The molecule has 0 saturated carbocycles.